The second-order valence-corrected chi connectivity index (χ2v) is 23.6. The Kier molecular flexibility index (Phi) is 23.2. The number of aliphatic hydroxyl groups excluding tert-OH is 2. The second-order valence-electron chi connectivity index (χ2n) is 21.8. The van der Waals surface area contributed by atoms with Gasteiger partial charge in [0.15, 0.2) is 5.78 Å². The fraction of sp³-hybridized carbons (Fsp3) is 0.778. The first-order chi connectivity index (χ1) is 32.9. The number of hydrogen-bond acceptors (Lipinski definition) is 13. The van der Waals surface area contributed by atoms with Gasteiger partial charge >= 0.3 is 5.97 Å². The number of cyclic esters (lactones) is 1. The van der Waals surface area contributed by atoms with Gasteiger partial charge < -0.3 is 39.2 Å². The maximum absolute atomic E-state index is 14.5. The van der Waals surface area contributed by atoms with Crippen LogP contribution in [0.25, 0.3) is 0 Å². The van der Waals surface area contributed by atoms with E-state index in [1.54, 1.807) is 40.0 Å². The van der Waals surface area contributed by atoms with E-state index in [1.165, 1.54) is 12.0 Å². The number of amides is 1. The molecule has 4 N–H and O–H groups in total. The number of carbonyl (C=O) groups excluding carboxylic acids is 4. The largest absolute Gasteiger partial charge is 0.461 e. The van der Waals surface area contributed by atoms with Crippen molar-refractivity contribution in [3.63, 3.8) is 0 Å². The number of fused-ring (bicyclic) bond motifs is 3. The standard InChI is InChI=1S/C54H88N2O13S/c1-33(2)32-70(64,65)55-43-31-42-23-21-40(9)54(63,69-42)51(60)52(61)56-26-16-15-19-44(56)53(62)68-46(37(6)29-41-22-24-45(57)47(30-41)66-10)25-20-35(4)28-39(8)49(59)50(67-11)48(58)38(7)27-34(3)17-13-12-14-18-36(43)5/h12-14,17-18,28,33-35,37-38,40-47,49-50,55,57,59,63H,15-16,19-27,29-32H2,1-11H3/b14-12+,17-13+,36-18+,39-28+/t34-,35+,37-,38-,40-,41+,42+,43+,44+,45-,46+,47-,49-,50+,54-/m1/s1. The minimum absolute atomic E-state index is 0.0119. The van der Waals surface area contributed by atoms with Gasteiger partial charge in [0, 0.05) is 38.6 Å². The Morgan fingerprint density at radius 2 is 1.56 bits per heavy atom. The van der Waals surface area contributed by atoms with E-state index in [9.17, 15) is 42.9 Å². The molecule has 4 rings (SSSR count). The van der Waals surface area contributed by atoms with E-state index in [0.717, 1.165) is 6.42 Å². The monoisotopic (exact) mass is 1000 g/mol. The van der Waals surface area contributed by atoms with Gasteiger partial charge in [0.1, 0.15) is 24.4 Å². The third kappa shape index (κ3) is 16.7. The minimum Gasteiger partial charge on any atom is -0.461 e. The second kappa shape index (κ2) is 27.3. The third-order valence-corrected chi connectivity index (χ3v) is 16.9. The number of methoxy groups -OCH3 is 2. The molecule has 398 valence electrons. The summed E-state index contributed by atoms with van der Waals surface area (Å²) in [5.74, 6) is -7.13. The zero-order valence-electron chi connectivity index (χ0n) is 44.0. The normalized spacial score (nSPS) is 38.7. The van der Waals surface area contributed by atoms with Crippen molar-refractivity contribution in [2.45, 2.75) is 200 Å². The van der Waals surface area contributed by atoms with E-state index >= 15 is 0 Å². The molecule has 0 radical (unpaired) electrons. The van der Waals surface area contributed by atoms with Crippen LogP contribution >= 0.6 is 0 Å². The SMILES string of the molecule is CO[C@@H]1C[C@H](C[C@@H](C)[C@@H]2CC[C@H](C)/C=C(\C)[C@@H](O)[C@@H](OC)C(=O)[C@H](C)C[C@H](C)/C=C/C=C/C=C(\C)[C@@H](NS(=O)(=O)CC(C)C)C[C@@H]3CC[C@@H](C)[C@@](O)(O3)C(=O)C(=O)N3CCCC[C@H]3C(=O)O2)CC[C@H]1O. The maximum atomic E-state index is 14.5. The van der Waals surface area contributed by atoms with Crippen LogP contribution in [0.5, 0.6) is 0 Å². The number of allylic oxidation sites excluding steroid dienone is 6. The molecule has 15 atom stereocenters. The van der Waals surface area contributed by atoms with Crippen molar-refractivity contribution < 1.29 is 61.9 Å². The fourth-order valence-corrected chi connectivity index (χ4v) is 12.6. The Bertz CT molecular complexity index is 1980. The molecule has 2 saturated heterocycles. The van der Waals surface area contributed by atoms with Crippen LogP contribution in [0.3, 0.4) is 0 Å². The summed E-state index contributed by atoms with van der Waals surface area (Å²) in [5.41, 5.74) is 1.24. The Morgan fingerprint density at radius 3 is 2.23 bits per heavy atom. The molecule has 16 heteroatoms. The lowest BCUT2D eigenvalue weighted by molar-refractivity contribution is -0.264. The number of Topliss-reactive ketones (excluding diaryl/α,β-unsaturated/α-hetero) is 2. The first-order valence-electron chi connectivity index (χ1n) is 26.0. The van der Waals surface area contributed by atoms with E-state index in [2.05, 4.69) is 4.72 Å². The lowest BCUT2D eigenvalue weighted by Crippen LogP contribution is -2.61. The van der Waals surface area contributed by atoms with Gasteiger partial charge in [-0.2, -0.15) is 0 Å². The van der Waals surface area contributed by atoms with Crippen LogP contribution < -0.4 is 4.72 Å². The highest BCUT2D eigenvalue weighted by molar-refractivity contribution is 7.89. The highest BCUT2D eigenvalue weighted by Gasteiger charge is 2.53. The van der Waals surface area contributed by atoms with Gasteiger partial charge in [0.05, 0.1) is 24.1 Å². The topological polar surface area (TPSA) is 215 Å². The zero-order chi connectivity index (χ0) is 52.1. The molecule has 2 bridgehead atoms. The summed E-state index contributed by atoms with van der Waals surface area (Å²) in [5, 5.41) is 34.1. The number of aliphatic hydroxyl groups is 3. The predicted molar refractivity (Wildman–Crippen MR) is 269 cm³/mol. The van der Waals surface area contributed by atoms with Gasteiger partial charge in [-0.25, -0.2) is 17.9 Å². The van der Waals surface area contributed by atoms with Gasteiger partial charge in [0.25, 0.3) is 11.7 Å². The van der Waals surface area contributed by atoms with Crippen LogP contribution in [-0.4, -0.2) is 133 Å². The first kappa shape index (κ1) is 59.5. The van der Waals surface area contributed by atoms with Crippen molar-refractivity contribution in [2.24, 2.45) is 41.4 Å². The van der Waals surface area contributed by atoms with Crippen LogP contribution in [0.15, 0.2) is 47.6 Å². The van der Waals surface area contributed by atoms with E-state index in [1.807, 2.05) is 65.8 Å². The van der Waals surface area contributed by atoms with Gasteiger partial charge in [-0.1, -0.05) is 90.5 Å². The highest BCUT2D eigenvalue weighted by atomic mass is 32.2. The number of nitrogens with zero attached hydrogens (tertiary/aromatic N) is 1. The maximum Gasteiger partial charge on any atom is 0.329 e. The molecule has 0 aromatic heterocycles. The van der Waals surface area contributed by atoms with E-state index in [0.29, 0.717) is 75.4 Å². The lowest BCUT2D eigenvalue weighted by Gasteiger charge is -2.43. The Labute approximate surface area is 419 Å². The number of esters is 1. The molecule has 3 fully saturated rings. The molecule has 0 spiro atoms. The minimum atomic E-state index is -3.78. The number of ketones is 2. The zero-order valence-corrected chi connectivity index (χ0v) is 44.8. The van der Waals surface area contributed by atoms with E-state index < -0.39 is 87.9 Å². The van der Waals surface area contributed by atoms with Crippen molar-refractivity contribution in [3.05, 3.63) is 47.6 Å². The molecule has 1 aliphatic carbocycles. The van der Waals surface area contributed by atoms with Gasteiger partial charge in [-0.05, 0) is 132 Å². The van der Waals surface area contributed by atoms with Crippen molar-refractivity contribution in [1.29, 1.82) is 0 Å². The fourth-order valence-electron chi connectivity index (χ4n) is 10.9. The summed E-state index contributed by atoms with van der Waals surface area (Å²) in [6.07, 6.45) is 13.0. The van der Waals surface area contributed by atoms with Crippen molar-refractivity contribution in [3.8, 4) is 0 Å². The number of sulfonamides is 1. The number of rotatable bonds is 9. The quantitative estimate of drug-likeness (QED) is 0.105. The molecule has 1 saturated carbocycles. The van der Waals surface area contributed by atoms with Crippen LogP contribution in [0.4, 0.5) is 0 Å². The van der Waals surface area contributed by atoms with Crippen LogP contribution in [0, 0.1) is 41.4 Å². The summed E-state index contributed by atoms with van der Waals surface area (Å²) < 4.78 is 53.4. The van der Waals surface area contributed by atoms with Gasteiger partial charge in [0.2, 0.25) is 15.8 Å². The van der Waals surface area contributed by atoms with E-state index in [4.69, 9.17) is 18.9 Å². The number of piperidine rings is 1. The molecule has 0 unspecified atom stereocenters. The average molecular weight is 1010 g/mol. The molecule has 15 nitrogen and oxygen atoms in total. The molecular formula is C54H88N2O13S. The molecule has 1 amide bonds. The Balaban J connectivity index is 1.73. The molecule has 3 aliphatic heterocycles. The highest BCUT2D eigenvalue weighted by Crippen LogP contribution is 2.38. The molecule has 0 aromatic carbocycles. The van der Waals surface area contributed by atoms with Crippen molar-refractivity contribution in [1.82, 2.24) is 9.62 Å². The molecule has 3 heterocycles. The van der Waals surface area contributed by atoms with Crippen molar-refractivity contribution >= 4 is 33.5 Å². The Hall–Kier alpha value is -3.09. The number of hydrogen-bond donors (Lipinski definition) is 4. The lowest BCUT2D eigenvalue weighted by atomic mass is 9.78. The van der Waals surface area contributed by atoms with Gasteiger partial charge in [-0.15, -0.1) is 0 Å². The molecule has 4 aliphatic rings. The van der Waals surface area contributed by atoms with E-state index in [-0.39, 0.29) is 66.6 Å². The van der Waals surface area contributed by atoms with Gasteiger partial charge in [-0.3, -0.25) is 14.4 Å². The molecular weight excluding hydrogens is 917 g/mol. The summed E-state index contributed by atoms with van der Waals surface area (Å²) in [6.45, 7) is 16.8. The molecule has 70 heavy (non-hydrogen) atoms. The summed E-state index contributed by atoms with van der Waals surface area (Å²) >= 11 is 0. The first-order valence-corrected chi connectivity index (χ1v) is 27.7. The predicted octanol–water partition coefficient (Wildman–Crippen LogP) is 6.93. The van der Waals surface area contributed by atoms with Crippen molar-refractivity contribution in [2.75, 3.05) is 26.5 Å². The third-order valence-electron chi connectivity index (χ3n) is 15.2. The summed E-state index contributed by atoms with van der Waals surface area (Å²) in [4.78, 5) is 58.3. The smallest absolute Gasteiger partial charge is 0.329 e. The number of ether oxygens (including phenoxy) is 4. The molecule has 0 aromatic rings. The average Bonchev–Trinajstić information content (AvgIpc) is 3.30. The number of nitrogens with one attached hydrogen (secondary N) is 1. The number of carbonyl (C=O) groups is 4. The summed E-state index contributed by atoms with van der Waals surface area (Å²) in [7, 11) is -0.760. The Morgan fingerprint density at radius 1 is 0.843 bits per heavy atom. The van der Waals surface area contributed by atoms with Crippen LogP contribution in [-0.2, 0) is 48.1 Å². The van der Waals surface area contributed by atoms with Crippen LogP contribution in [0.2, 0.25) is 0 Å². The van der Waals surface area contributed by atoms with Crippen LogP contribution in [0.1, 0.15) is 146 Å². The summed E-state index contributed by atoms with van der Waals surface area (Å²) in [6, 6.07) is -1.86.